The molecule has 0 atom stereocenters. The Hall–Kier alpha value is -2.63. The molecule has 4 nitrogen and oxygen atoms in total. The van der Waals surface area contributed by atoms with E-state index in [0.29, 0.717) is 0 Å². The number of halogens is 2. The molecule has 124 valence electrons. The summed E-state index contributed by atoms with van der Waals surface area (Å²) in [4.78, 5) is 10.1. The Morgan fingerprint density at radius 2 is 1.88 bits per heavy atom. The minimum atomic E-state index is -0.658. The second-order valence-electron chi connectivity index (χ2n) is 5.96. The second-order valence-corrected chi connectivity index (χ2v) is 5.96. The van der Waals surface area contributed by atoms with E-state index in [2.05, 4.69) is 14.9 Å². The highest BCUT2D eigenvalue weighted by molar-refractivity contribution is 5.77. The van der Waals surface area contributed by atoms with E-state index in [1.165, 1.54) is 12.1 Å². The van der Waals surface area contributed by atoms with E-state index in [1.807, 2.05) is 24.3 Å². The van der Waals surface area contributed by atoms with Crippen LogP contribution in [0.5, 0.6) is 5.75 Å². The number of anilines is 1. The normalized spacial score (nSPS) is 15.8. The van der Waals surface area contributed by atoms with Gasteiger partial charge in [0.2, 0.25) is 5.95 Å². The Morgan fingerprint density at radius 3 is 2.62 bits per heavy atom. The van der Waals surface area contributed by atoms with E-state index in [9.17, 15) is 8.78 Å². The average Bonchev–Trinajstić information content (AvgIpc) is 3.02. The third-order valence-electron chi connectivity index (χ3n) is 4.31. The number of aromatic nitrogens is 2. The lowest BCUT2D eigenvalue weighted by atomic mass is 10.1. The number of hydrogen-bond acceptors (Lipinski definition) is 3. The van der Waals surface area contributed by atoms with Gasteiger partial charge in [0.1, 0.15) is 11.9 Å². The Balaban J connectivity index is 1.41. The van der Waals surface area contributed by atoms with E-state index >= 15 is 0 Å². The van der Waals surface area contributed by atoms with Crippen molar-refractivity contribution in [3.05, 3.63) is 54.1 Å². The van der Waals surface area contributed by atoms with Crippen LogP contribution >= 0.6 is 0 Å². The summed E-state index contributed by atoms with van der Waals surface area (Å²) in [7, 11) is 0. The average molecular weight is 329 g/mol. The van der Waals surface area contributed by atoms with E-state index in [-0.39, 0.29) is 11.9 Å². The summed E-state index contributed by atoms with van der Waals surface area (Å²) in [5, 5.41) is 0. The number of aromatic amines is 1. The van der Waals surface area contributed by atoms with Gasteiger partial charge >= 0.3 is 0 Å². The molecule has 2 heterocycles. The molecule has 0 bridgehead atoms. The number of nitrogens with one attached hydrogen (secondary N) is 1. The molecule has 0 radical (unpaired) electrons. The van der Waals surface area contributed by atoms with Gasteiger partial charge in [-0.2, -0.15) is 0 Å². The maximum atomic E-state index is 13.7. The van der Waals surface area contributed by atoms with Crippen molar-refractivity contribution < 1.29 is 13.5 Å². The summed E-state index contributed by atoms with van der Waals surface area (Å²) in [5.74, 6) is -0.296. The second kappa shape index (κ2) is 6.11. The number of para-hydroxylation sites is 2. The number of rotatable bonds is 3. The summed E-state index contributed by atoms with van der Waals surface area (Å²) in [6.45, 7) is 1.54. The van der Waals surface area contributed by atoms with Crippen molar-refractivity contribution in [1.29, 1.82) is 0 Å². The minimum Gasteiger partial charge on any atom is -0.487 e. The van der Waals surface area contributed by atoms with Gasteiger partial charge in [-0.1, -0.05) is 12.1 Å². The molecule has 2 aromatic carbocycles. The smallest absolute Gasteiger partial charge is 0.203 e. The first kappa shape index (κ1) is 14.9. The van der Waals surface area contributed by atoms with Gasteiger partial charge < -0.3 is 14.6 Å². The van der Waals surface area contributed by atoms with Crippen LogP contribution in [0, 0.1) is 11.6 Å². The molecule has 1 saturated heterocycles. The third kappa shape index (κ3) is 2.91. The fourth-order valence-electron chi connectivity index (χ4n) is 3.02. The van der Waals surface area contributed by atoms with Gasteiger partial charge in [0.25, 0.3) is 0 Å². The van der Waals surface area contributed by atoms with Crippen LogP contribution in [0.1, 0.15) is 12.8 Å². The van der Waals surface area contributed by atoms with E-state index in [1.54, 1.807) is 0 Å². The lowest BCUT2D eigenvalue weighted by molar-refractivity contribution is 0.163. The Bertz CT molecular complexity index is 823. The highest BCUT2D eigenvalue weighted by Gasteiger charge is 2.23. The molecule has 24 heavy (non-hydrogen) atoms. The number of hydrogen-bond donors (Lipinski definition) is 1. The van der Waals surface area contributed by atoms with Crippen molar-refractivity contribution in [2.45, 2.75) is 18.9 Å². The molecule has 1 aromatic heterocycles. The molecule has 1 fully saturated rings. The molecule has 0 unspecified atom stereocenters. The number of ether oxygens (including phenoxy) is 1. The number of imidazole rings is 1. The Morgan fingerprint density at radius 1 is 1.08 bits per heavy atom. The van der Waals surface area contributed by atoms with Gasteiger partial charge in [0.15, 0.2) is 11.6 Å². The van der Waals surface area contributed by atoms with Gasteiger partial charge in [-0.15, -0.1) is 0 Å². The Kier molecular flexibility index (Phi) is 3.80. The first-order valence-electron chi connectivity index (χ1n) is 8.00. The summed E-state index contributed by atoms with van der Waals surface area (Å²) in [6.07, 6.45) is 1.44. The monoisotopic (exact) mass is 329 g/mol. The zero-order valence-corrected chi connectivity index (χ0v) is 13.0. The van der Waals surface area contributed by atoms with Gasteiger partial charge in [-0.25, -0.2) is 13.8 Å². The van der Waals surface area contributed by atoms with Crippen LogP contribution in [0.3, 0.4) is 0 Å². The lowest BCUT2D eigenvalue weighted by Crippen LogP contribution is -2.38. The number of piperidine rings is 1. The molecule has 3 aromatic rings. The highest BCUT2D eigenvalue weighted by Crippen LogP contribution is 2.25. The van der Waals surface area contributed by atoms with Gasteiger partial charge in [0.05, 0.1) is 11.0 Å². The van der Waals surface area contributed by atoms with Crippen molar-refractivity contribution >= 4 is 17.0 Å². The first-order chi connectivity index (χ1) is 11.7. The number of H-pyrrole nitrogens is 1. The predicted octanol–water partition coefficient (Wildman–Crippen LogP) is 3.89. The molecule has 6 heteroatoms. The maximum Gasteiger partial charge on any atom is 0.203 e. The van der Waals surface area contributed by atoms with Crippen LogP contribution in [0.2, 0.25) is 0 Å². The fraction of sp³-hybridized carbons (Fsp3) is 0.278. The summed E-state index contributed by atoms with van der Waals surface area (Å²) >= 11 is 0. The van der Waals surface area contributed by atoms with Crippen LogP contribution < -0.4 is 9.64 Å². The third-order valence-corrected chi connectivity index (χ3v) is 4.31. The predicted molar refractivity (Wildman–Crippen MR) is 88.3 cm³/mol. The van der Waals surface area contributed by atoms with Crippen LogP contribution in [0.15, 0.2) is 42.5 Å². The first-order valence-corrected chi connectivity index (χ1v) is 8.00. The summed E-state index contributed by atoms with van der Waals surface area (Å²) < 4.78 is 32.3. The van der Waals surface area contributed by atoms with Crippen molar-refractivity contribution in [1.82, 2.24) is 9.97 Å². The van der Waals surface area contributed by atoms with Crippen LogP contribution in [0.25, 0.3) is 11.0 Å². The molecule has 0 spiro atoms. The molecule has 1 aliphatic rings. The Labute approximate surface area is 138 Å². The van der Waals surface area contributed by atoms with E-state index in [4.69, 9.17) is 4.74 Å². The number of nitrogens with zero attached hydrogens (tertiary/aromatic N) is 2. The molecule has 1 N–H and O–H groups in total. The fourth-order valence-corrected chi connectivity index (χ4v) is 3.02. The van der Waals surface area contributed by atoms with Gasteiger partial charge in [-0.3, -0.25) is 0 Å². The zero-order chi connectivity index (χ0) is 16.5. The SMILES string of the molecule is Fc1ccc(OC2CCN(c3nc4ccccc4[nH]3)CC2)c(F)c1. The number of fused-ring (bicyclic) bond motifs is 1. The summed E-state index contributed by atoms with van der Waals surface area (Å²) in [5.41, 5.74) is 1.96. The highest BCUT2D eigenvalue weighted by atomic mass is 19.1. The molecule has 4 rings (SSSR count). The van der Waals surface area contributed by atoms with E-state index < -0.39 is 11.6 Å². The van der Waals surface area contributed by atoms with Crippen LogP contribution in [-0.4, -0.2) is 29.2 Å². The zero-order valence-electron chi connectivity index (χ0n) is 13.0. The summed E-state index contributed by atoms with van der Waals surface area (Å²) in [6, 6.07) is 11.3. The molecule has 0 aliphatic carbocycles. The van der Waals surface area contributed by atoms with Gasteiger partial charge in [-0.05, 0) is 24.3 Å². The molecule has 0 amide bonds. The molecule has 1 aliphatic heterocycles. The largest absolute Gasteiger partial charge is 0.487 e. The minimum absolute atomic E-state index is 0.0782. The molecular weight excluding hydrogens is 312 g/mol. The van der Waals surface area contributed by atoms with Crippen molar-refractivity contribution in [2.24, 2.45) is 0 Å². The molecular formula is C18H17F2N3O. The topological polar surface area (TPSA) is 41.1 Å². The van der Waals surface area contributed by atoms with E-state index in [0.717, 1.165) is 49.0 Å². The number of benzene rings is 2. The maximum absolute atomic E-state index is 13.7. The van der Waals surface area contributed by atoms with Crippen molar-refractivity contribution in [3.8, 4) is 5.75 Å². The quantitative estimate of drug-likeness (QED) is 0.792. The van der Waals surface area contributed by atoms with Crippen molar-refractivity contribution in [3.63, 3.8) is 0 Å². The molecule has 0 saturated carbocycles. The lowest BCUT2D eigenvalue weighted by Gasteiger charge is -2.32. The van der Waals surface area contributed by atoms with Crippen LogP contribution in [-0.2, 0) is 0 Å². The van der Waals surface area contributed by atoms with Crippen LogP contribution in [0.4, 0.5) is 14.7 Å². The van der Waals surface area contributed by atoms with Gasteiger partial charge in [0, 0.05) is 32.0 Å². The van der Waals surface area contributed by atoms with Crippen molar-refractivity contribution in [2.75, 3.05) is 18.0 Å². The standard InChI is InChI=1S/C18H17F2N3O/c19-12-5-6-17(14(20)11-12)24-13-7-9-23(10-8-13)18-21-15-3-1-2-4-16(15)22-18/h1-6,11,13H,7-10H2,(H,21,22).